The highest BCUT2D eigenvalue weighted by atomic mass is 31.2. The van der Waals surface area contributed by atoms with Crippen molar-refractivity contribution >= 4 is 39.5 Å². The summed E-state index contributed by atoms with van der Waals surface area (Å²) in [4.78, 5) is 72.5. The lowest BCUT2D eigenvalue weighted by Crippen LogP contribution is -2.30. The fraction of sp³-hybridized carbons (Fsp3) is 0.943. The summed E-state index contributed by atoms with van der Waals surface area (Å²) in [6.07, 6.45) is 49.9. The van der Waals surface area contributed by atoms with Crippen LogP contribution < -0.4 is 0 Å². The normalized spacial score (nSPS) is 14.4. The maximum atomic E-state index is 13.0. The van der Waals surface area contributed by atoms with Gasteiger partial charge in [0.1, 0.15) is 19.3 Å². The lowest BCUT2D eigenvalue weighted by Gasteiger charge is -2.21. The Hall–Kier alpha value is -1.94. The Bertz CT molecular complexity index is 1720. The van der Waals surface area contributed by atoms with Crippen LogP contribution in [0, 0.1) is 5.92 Å². The van der Waals surface area contributed by atoms with E-state index in [-0.39, 0.29) is 25.7 Å². The van der Waals surface area contributed by atoms with Crippen molar-refractivity contribution in [2.75, 3.05) is 39.6 Å². The molecule has 0 aromatic carbocycles. The fourth-order valence-electron chi connectivity index (χ4n) is 10.6. The van der Waals surface area contributed by atoms with E-state index in [4.69, 9.17) is 37.0 Å². The maximum Gasteiger partial charge on any atom is 0.472 e. The van der Waals surface area contributed by atoms with Crippen molar-refractivity contribution in [3.05, 3.63) is 0 Å². The smallest absolute Gasteiger partial charge is 0.462 e. The van der Waals surface area contributed by atoms with Gasteiger partial charge in [0.15, 0.2) is 12.2 Å². The number of esters is 4. The zero-order valence-corrected chi connectivity index (χ0v) is 59.4. The average Bonchev–Trinajstić information content (AvgIpc) is 3.66. The highest BCUT2D eigenvalue weighted by Gasteiger charge is 2.30. The van der Waals surface area contributed by atoms with Crippen molar-refractivity contribution in [2.45, 2.75) is 380 Å². The largest absolute Gasteiger partial charge is 0.472 e. The van der Waals surface area contributed by atoms with Gasteiger partial charge in [0.2, 0.25) is 0 Å². The Labute approximate surface area is 543 Å². The first-order chi connectivity index (χ1) is 43.1. The van der Waals surface area contributed by atoms with Crippen molar-refractivity contribution in [2.24, 2.45) is 5.92 Å². The summed E-state index contributed by atoms with van der Waals surface area (Å²) in [7, 11) is -9.90. The van der Waals surface area contributed by atoms with E-state index < -0.39 is 97.5 Å². The molecule has 89 heavy (non-hydrogen) atoms. The number of ether oxygens (including phenoxy) is 4. The summed E-state index contributed by atoms with van der Waals surface area (Å²) in [5, 5.41) is 10.6. The lowest BCUT2D eigenvalue weighted by molar-refractivity contribution is -0.161. The second kappa shape index (κ2) is 63.5. The highest BCUT2D eigenvalue weighted by molar-refractivity contribution is 7.47. The number of carbonyl (C=O) groups excluding carboxylic acids is 4. The molecular formula is C70H136O17P2. The fourth-order valence-corrected chi connectivity index (χ4v) is 12.2. The molecule has 0 aliphatic rings. The molecule has 19 heteroatoms. The zero-order valence-electron chi connectivity index (χ0n) is 57.6. The van der Waals surface area contributed by atoms with Gasteiger partial charge >= 0.3 is 39.5 Å². The topological polar surface area (TPSA) is 237 Å². The Kier molecular flexibility index (Phi) is 62.1. The minimum atomic E-state index is -4.95. The molecule has 0 amide bonds. The molecule has 3 N–H and O–H groups in total. The quantitative estimate of drug-likeness (QED) is 0.0222. The summed E-state index contributed by atoms with van der Waals surface area (Å²) in [5.74, 6) is -1.40. The number of rotatable bonds is 70. The maximum absolute atomic E-state index is 13.0. The molecule has 0 saturated heterocycles. The predicted molar refractivity (Wildman–Crippen MR) is 358 cm³/mol. The zero-order chi connectivity index (χ0) is 65.6. The number of hydrogen-bond donors (Lipinski definition) is 3. The van der Waals surface area contributed by atoms with Crippen LogP contribution in [0.15, 0.2) is 0 Å². The lowest BCUT2D eigenvalue weighted by atomic mass is 10.00. The molecule has 0 aromatic heterocycles. The minimum absolute atomic E-state index is 0.103. The van der Waals surface area contributed by atoms with Gasteiger partial charge in [-0.3, -0.25) is 37.3 Å². The molecule has 0 aromatic rings. The van der Waals surface area contributed by atoms with E-state index in [1.807, 2.05) is 0 Å². The molecule has 0 rings (SSSR count). The second-order valence-corrected chi connectivity index (χ2v) is 28.4. The first kappa shape index (κ1) is 87.1. The van der Waals surface area contributed by atoms with Gasteiger partial charge in [0.25, 0.3) is 0 Å². The molecule has 0 radical (unpaired) electrons. The minimum Gasteiger partial charge on any atom is -0.462 e. The molecule has 528 valence electrons. The Morgan fingerprint density at radius 3 is 0.798 bits per heavy atom. The molecular weight excluding hydrogens is 1170 g/mol. The summed E-state index contributed by atoms with van der Waals surface area (Å²) in [6.45, 7) is 7.19. The van der Waals surface area contributed by atoms with Crippen LogP contribution in [0.3, 0.4) is 0 Å². The van der Waals surface area contributed by atoms with E-state index in [0.29, 0.717) is 25.7 Å². The number of phosphoric ester groups is 2. The average molecular weight is 1310 g/mol. The van der Waals surface area contributed by atoms with Gasteiger partial charge in [-0.15, -0.1) is 0 Å². The number of phosphoric acid groups is 2. The van der Waals surface area contributed by atoms with Gasteiger partial charge in [0, 0.05) is 25.7 Å². The van der Waals surface area contributed by atoms with Crippen LogP contribution in [0.5, 0.6) is 0 Å². The summed E-state index contributed by atoms with van der Waals surface area (Å²) < 4.78 is 68.2. The van der Waals surface area contributed by atoms with Gasteiger partial charge in [-0.05, 0) is 31.6 Å². The first-order valence-electron chi connectivity index (χ1n) is 36.7. The third kappa shape index (κ3) is 63.2. The van der Waals surface area contributed by atoms with E-state index in [1.165, 1.54) is 186 Å². The Morgan fingerprint density at radius 2 is 0.539 bits per heavy atom. The summed E-state index contributed by atoms with van der Waals surface area (Å²) in [6, 6.07) is 0. The van der Waals surface area contributed by atoms with E-state index in [9.17, 15) is 43.2 Å². The van der Waals surface area contributed by atoms with Gasteiger partial charge in [0.05, 0.1) is 26.4 Å². The number of aliphatic hydroxyl groups is 1. The van der Waals surface area contributed by atoms with E-state index in [1.54, 1.807) is 0 Å². The van der Waals surface area contributed by atoms with Crippen molar-refractivity contribution in [1.82, 2.24) is 0 Å². The molecule has 0 fully saturated rings. The number of hydrogen-bond acceptors (Lipinski definition) is 15. The Morgan fingerprint density at radius 1 is 0.315 bits per heavy atom. The molecule has 0 aliphatic heterocycles. The van der Waals surface area contributed by atoms with Gasteiger partial charge < -0.3 is 33.8 Å². The SMILES string of the molecule is CCCCCCCCCCCCCCCCCCCC(=O)O[C@H](COC(=O)CCCCCCCCCCCCCC)COP(=O)(O)OC[C@@H](O)COP(=O)(O)OC[C@@H](COC(=O)CCCCCCCCCCCC)OC(=O)CCCCCCCCC(C)CC. The van der Waals surface area contributed by atoms with Gasteiger partial charge in [-0.1, -0.05) is 311 Å². The third-order valence-electron chi connectivity index (χ3n) is 16.6. The van der Waals surface area contributed by atoms with Crippen molar-refractivity contribution < 1.29 is 80.2 Å². The van der Waals surface area contributed by atoms with E-state index >= 15 is 0 Å². The summed E-state index contributed by atoms with van der Waals surface area (Å²) >= 11 is 0. The Balaban J connectivity index is 5.22. The van der Waals surface area contributed by atoms with Crippen molar-refractivity contribution in [3.63, 3.8) is 0 Å². The monoisotopic (exact) mass is 1310 g/mol. The first-order valence-corrected chi connectivity index (χ1v) is 39.7. The third-order valence-corrected chi connectivity index (χ3v) is 18.5. The second-order valence-electron chi connectivity index (χ2n) is 25.5. The highest BCUT2D eigenvalue weighted by Crippen LogP contribution is 2.45. The predicted octanol–water partition coefficient (Wildman–Crippen LogP) is 20.1. The van der Waals surface area contributed by atoms with Crippen molar-refractivity contribution in [3.8, 4) is 0 Å². The molecule has 6 atom stereocenters. The van der Waals surface area contributed by atoms with Crippen LogP contribution in [-0.2, 0) is 65.4 Å². The van der Waals surface area contributed by atoms with Gasteiger partial charge in [-0.25, -0.2) is 9.13 Å². The van der Waals surface area contributed by atoms with E-state index in [0.717, 1.165) is 95.8 Å². The van der Waals surface area contributed by atoms with Crippen LogP contribution in [-0.4, -0.2) is 96.7 Å². The molecule has 0 bridgehead atoms. The van der Waals surface area contributed by atoms with Crippen LogP contribution in [0.2, 0.25) is 0 Å². The molecule has 17 nitrogen and oxygen atoms in total. The van der Waals surface area contributed by atoms with Crippen LogP contribution in [0.25, 0.3) is 0 Å². The van der Waals surface area contributed by atoms with Crippen LogP contribution in [0.4, 0.5) is 0 Å². The van der Waals surface area contributed by atoms with Crippen LogP contribution >= 0.6 is 15.6 Å². The molecule has 0 spiro atoms. The van der Waals surface area contributed by atoms with Crippen LogP contribution in [0.1, 0.15) is 362 Å². The van der Waals surface area contributed by atoms with E-state index in [2.05, 4.69) is 34.6 Å². The number of unbranched alkanes of at least 4 members (excludes halogenated alkanes) is 41. The molecule has 0 heterocycles. The molecule has 0 saturated carbocycles. The molecule has 3 unspecified atom stereocenters. The number of aliphatic hydroxyl groups excluding tert-OH is 1. The summed E-state index contributed by atoms with van der Waals surface area (Å²) in [5.41, 5.74) is 0. The standard InChI is InChI=1S/C70H136O17P2/c1-6-10-13-16-19-22-25-27-28-29-30-31-33-36-39-45-50-55-69(74)86-65(59-80-68(73)54-49-44-38-35-32-26-23-20-17-14-11-7-2)61-84-88(76,77)82-57-64(71)58-83-89(78,79)85-62-66(87-70(75)56-51-46-41-40-42-47-52-63(5)9-4)60-81-67(72)53-48-43-37-34-24-21-18-15-12-8-3/h63-66,71H,6-62H2,1-5H3,(H,76,77)(H,78,79)/t63?,64-,65-,66-/m1/s1. The molecule has 0 aliphatic carbocycles. The number of carbonyl (C=O) groups is 4. The van der Waals surface area contributed by atoms with Crippen molar-refractivity contribution in [1.29, 1.82) is 0 Å². The van der Waals surface area contributed by atoms with Gasteiger partial charge in [-0.2, -0.15) is 0 Å².